The van der Waals surface area contributed by atoms with Crippen molar-refractivity contribution in [3.63, 3.8) is 0 Å². The van der Waals surface area contributed by atoms with Gasteiger partial charge in [0.15, 0.2) is 9.84 Å². The van der Waals surface area contributed by atoms with Crippen LogP contribution in [0.15, 0.2) is 108 Å². The van der Waals surface area contributed by atoms with Crippen molar-refractivity contribution in [1.29, 1.82) is 0 Å². The van der Waals surface area contributed by atoms with E-state index in [1.54, 1.807) is 24.3 Å². The number of rotatable bonds is 8. The van der Waals surface area contributed by atoms with Gasteiger partial charge in [0.2, 0.25) is 0 Å². The van der Waals surface area contributed by atoms with Crippen molar-refractivity contribution in [2.24, 2.45) is 0 Å². The molecule has 0 aliphatic heterocycles. The molecule has 0 aliphatic carbocycles. The Morgan fingerprint density at radius 2 is 1.12 bits per heavy atom. The second kappa shape index (κ2) is 21.0. The Hall–Kier alpha value is -4.25. The quantitative estimate of drug-likeness (QED) is 0.189. The molecule has 0 bridgehead atoms. The molecule has 1 unspecified atom stereocenters. The van der Waals surface area contributed by atoms with E-state index < -0.39 is 15.1 Å². The molecule has 0 spiro atoms. The van der Waals surface area contributed by atoms with Crippen LogP contribution in [-0.2, 0) is 20.7 Å². The van der Waals surface area contributed by atoms with Crippen LogP contribution < -0.4 is 5.32 Å². The molecule has 4 heteroatoms. The third-order valence-electron chi connectivity index (χ3n) is 7.70. The van der Waals surface area contributed by atoms with Crippen LogP contribution in [0.5, 0.6) is 0 Å². The Kier molecular flexibility index (Phi) is 18.3. The molecule has 0 aromatic heterocycles. The topological polar surface area (TPSA) is 46.2 Å². The fourth-order valence-electron chi connectivity index (χ4n) is 4.84. The molecule has 0 radical (unpaired) electrons. The van der Waals surface area contributed by atoms with Crippen molar-refractivity contribution in [1.82, 2.24) is 0 Å². The van der Waals surface area contributed by atoms with Crippen LogP contribution >= 0.6 is 0 Å². The average Bonchev–Trinajstić information content (AvgIpc) is 3.13. The maximum atomic E-state index is 13.6. The summed E-state index contributed by atoms with van der Waals surface area (Å²) in [5.74, 6) is 13.4. The van der Waals surface area contributed by atoms with Gasteiger partial charge in [0, 0.05) is 24.2 Å². The number of anilines is 1. The van der Waals surface area contributed by atoms with E-state index in [-0.39, 0.29) is 17.3 Å². The van der Waals surface area contributed by atoms with Crippen molar-refractivity contribution in [3.05, 3.63) is 131 Å². The fraction of sp³-hybridized carbons (Fsp3) is 0.378. The molecule has 4 aromatic carbocycles. The molecule has 0 saturated heterocycles. The lowest BCUT2D eigenvalue weighted by molar-refractivity contribution is 0.583. The minimum Gasteiger partial charge on any atom is -0.385 e. The molecule has 4 rings (SSSR count). The normalized spacial score (nSPS) is 11.2. The predicted octanol–water partition coefficient (Wildman–Crippen LogP) is 11.7. The molecule has 0 fully saturated rings. The Morgan fingerprint density at radius 3 is 1.59 bits per heavy atom. The van der Waals surface area contributed by atoms with Gasteiger partial charge in [-0.3, -0.25) is 0 Å². The van der Waals surface area contributed by atoms with E-state index >= 15 is 0 Å². The summed E-state index contributed by atoms with van der Waals surface area (Å²) in [4.78, 5) is 0.309. The molecule has 0 amide bonds. The van der Waals surface area contributed by atoms with E-state index in [0.717, 1.165) is 34.5 Å². The molecule has 3 nitrogen and oxygen atoms in total. The summed E-state index contributed by atoms with van der Waals surface area (Å²) < 4.78 is 27.2. The van der Waals surface area contributed by atoms with Gasteiger partial charge in [0.25, 0.3) is 0 Å². The van der Waals surface area contributed by atoms with Crippen LogP contribution in [0.1, 0.15) is 116 Å². The van der Waals surface area contributed by atoms with E-state index in [1.807, 2.05) is 90.9 Å². The molecular weight excluding hydrogens is 619 g/mol. The van der Waals surface area contributed by atoms with E-state index in [4.69, 9.17) is 0 Å². The van der Waals surface area contributed by atoms with Gasteiger partial charge in [-0.05, 0) is 94.6 Å². The van der Waals surface area contributed by atoms with Gasteiger partial charge in [0.1, 0.15) is 5.25 Å². The van der Waals surface area contributed by atoms with E-state index in [2.05, 4.69) is 100 Å². The number of nitrogens with one attached hydrogen (secondary N) is 1. The second-order valence-electron chi connectivity index (χ2n) is 11.9. The summed E-state index contributed by atoms with van der Waals surface area (Å²) >= 11 is 0. The third kappa shape index (κ3) is 12.6. The van der Waals surface area contributed by atoms with E-state index in [0.29, 0.717) is 4.90 Å². The number of hydrogen-bond donors (Lipinski definition) is 1. The Balaban J connectivity index is 0.00000189. The summed E-state index contributed by atoms with van der Waals surface area (Å²) in [7, 11) is -3.61. The molecule has 262 valence electrons. The minimum atomic E-state index is -3.61. The zero-order valence-corrected chi connectivity index (χ0v) is 32.8. The van der Waals surface area contributed by atoms with Crippen LogP contribution in [0, 0.1) is 30.6 Å². The second-order valence-corrected chi connectivity index (χ2v) is 14.1. The molecular formula is C45H59NO2S. The molecule has 1 N–H and O–H groups in total. The molecule has 0 aliphatic rings. The molecule has 4 aromatic rings. The predicted molar refractivity (Wildman–Crippen MR) is 214 cm³/mol. The van der Waals surface area contributed by atoms with Crippen LogP contribution in [0.2, 0.25) is 0 Å². The lowest BCUT2D eigenvalue weighted by Crippen LogP contribution is -2.19. The van der Waals surface area contributed by atoms with Crippen LogP contribution in [0.4, 0.5) is 5.69 Å². The summed E-state index contributed by atoms with van der Waals surface area (Å²) in [6, 6.07) is 32.9. The van der Waals surface area contributed by atoms with Gasteiger partial charge in [-0.2, -0.15) is 0 Å². The van der Waals surface area contributed by atoms with Crippen molar-refractivity contribution >= 4 is 15.5 Å². The van der Waals surface area contributed by atoms with Gasteiger partial charge in [-0.15, -0.1) is 0 Å². The van der Waals surface area contributed by atoms with E-state index in [9.17, 15) is 8.42 Å². The average molecular weight is 678 g/mol. The molecule has 0 saturated carbocycles. The summed E-state index contributed by atoms with van der Waals surface area (Å²) in [5.41, 5.74) is 5.43. The van der Waals surface area contributed by atoms with E-state index in [1.165, 1.54) is 5.56 Å². The van der Waals surface area contributed by atoms with Gasteiger partial charge >= 0.3 is 0 Å². The Labute approximate surface area is 299 Å². The molecule has 1 atom stereocenters. The van der Waals surface area contributed by atoms with Crippen molar-refractivity contribution in [2.75, 3.05) is 11.9 Å². The van der Waals surface area contributed by atoms with Crippen LogP contribution in [0.25, 0.3) is 0 Å². The monoisotopic (exact) mass is 677 g/mol. The van der Waals surface area contributed by atoms with Gasteiger partial charge in [-0.25, -0.2) is 8.42 Å². The highest BCUT2D eigenvalue weighted by atomic mass is 32.2. The first kappa shape index (κ1) is 42.8. The van der Waals surface area contributed by atoms with Crippen molar-refractivity contribution in [2.45, 2.75) is 110 Å². The lowest BCUT2D eigenvalue weighted by atomic mass is 9.80. The number of sulfone groups is 1. The Bertz CT molecular complexity index is 1750. The summed E-state index contributed by atoms with van der Waals surface area (Å²) in [6.45, 7) is 25.5. The summed E-state index contributed by atoms with van der Waals surface area (Å²) in [6.07, 6.45) is 0.198. The maximum absolute atomic E-state index is 13.6. The highest BCUT2D eigenvalue weighted by Crippen LogP contribution is 2.32. The number of hydrogen-bond acceptors (Lipinski definition) is 3. The first-order valence-corrected chi connectivity index (χ1v) is 19.3. The summed E-state index contributed by atoms with van der Waals surface area (Å²) in [5, 5.41) is 2.59. The van der Waals surface area contributed by atoms with Crippen molar-refractivity contribution in [3.8, 4) is 23.7 Å². The largest absolute Gasteiger partial charge is 0.385 e. The minimum absolute atomic E-state index is 0.198. The van der Waals surface area contributed by atoms with Gasteiger partial charge in [-0.1, -0.05) is 138 Å². The first-order chi connectivity index (χ1) is 23.4. The Morgan fingerprint density at radius 1 is 0.653 bits per heavy atom. The highest BCUT2D eigenvalue weighted by Gasteiger charge is 2.28. The molecule has 0 heterocycles. The SMILES string of the molecule is CC.CC.CC.CCNc1ccc(C(C)(C)C#CC(C)(C)c2ccc(C#CCC(c3ccc(C)cc3)S(=O)(=O)c3ccccc3)cc2)cc1. The maximum Gasteiger partial charge on any atom is 0.186 e. The highest BCUT2D eigenvalue weighted by molar-refractivity contribution is 7.91. The van der Waals surface area contributed by atoms with Crippen LogP contribution in [0.3, 0.4) is 0 Å². The third-order valence-corrected chi connectivity index (χ3v) is 9.81. The number of benzene rings is 4. The standard InChI is InChI=1S/C39H41NO2S.3C2H6/c1-7-40-35-26-24-34(25-27-35)39(5,6)29-28-38(3,4)33-22-18-31(19-23-33)12-11-15-37(32-20-16-30(2)17-21-32)43(41,42)36-13-9-8-10-14-36;3*1-2/h8-10,13-14,16-27,37,40H,7,15H2,1-6H3;3*1-2H3. The van der Waals surface area contributed by atoms with Gasteiger partial charge < -0.3 is 5.32 Å². The smallest absolute Gasteiger partial charge is 0.186 e. The zero-order chi connectivity index (χ0) is 37.1. The van der Waals surface area contributed by atoms with Crippen molar-refractivity contribution < 1.29 is 8.42 Å². The van der Waals surface area contributed by atoms with Gasteiger partial charge in [0.05, 0.1) is 15.7 Å². The zero-order valence-electron chi connectivity index (χ0n) is 32.0. The van der Waals surface area contributed by atoms with Crippen LogP contribution in [-0.4, -0.2) is 15.0 Å². The fourth-order valence-corrected chi connectivity index (χ4v) is 6.53. The first-order valence-electron chi connectivity index (χ1n) is 17.8. The number of aryl methyl sites for hydroxylation is 1. The molecule has 49 heavy (non-hydrogen) atoms. The lowest BCUT2D eigenvalue weighted by Gasteiger charge is -2.22.